The van der Waals surface area contributed by atoms with Crippen molar-refractivity contribution >= 4 is 62.3 Å². The average molecular weight is 780 g/mol. The summed E-state index contributed by atoms with van der Waals surface area (Å²) in [6, 6.07) is 26.0. The van der Waals surface area contributed by atoms with Gasteiger partial charge in [-0.15, -0.1) is 0 Å². The van der Waals surface area contributed by atoms with Crippen LogP contribution in [0.4, 0.5) is 29.2 Å². The van der Waals surface area contributed by atoms with E-state index in [9.17, 15) is 36.5 Å². The van der Waals surface area contributed by atoms with Gasteiger partial charge >= 0.3 is 11.9 Å². The van der Waals surface area contributed by atoms with E-state index in [1.165, 1.54) is 24.3 Å². The third-order valence-corrected chi connectivity index (χ3v) is 6.74. The quantitative estimate of drug-likeness (QED) is 0.0882. The normalized spacial score (nSPS) is 12.1. The first-order chi connectivity index (χ1) is 26.4. The summed E-state index contributed by atoms with van der Waals surface area (Å²) in [5.41, 5.74) is 23.5. The number of nitrogens with two attached hydrogens (primary N) is 4. The molecule has 0 saturated carbocycles. The number of nitrogens with zero attached hydrogens (tertiary/aromatic N) is 12. The fraction of sp³-hybridized carbons (Fsp3) is 0.0357. The summed E-state index contributed by atoms with van der Waals surface area (Å²) in [6.07, 6.45) is -1.03. The van der Waals surface area contributed by atoms with Gasteiger partial charge in [-0.05, 0) is 34.0 Å². The lowest BCUT2D eigenvalue weighted by Crippen LogP contribution is -2.44. The van der Waals surface area contributed by atoms with Gasteiger partial charge < -0.3 is 42.5 Å². The highest BCUT2D eigenvalue weighted by molar-refractivity contribution is 5.71. The van der Waals surface area contributed by atoms with Crippen molar-refractivity contribution in [3.63, 3.8) is 0 Å². The van der Waals surface area contributed by atoms with Crippen molar-refractivity contribution < 1.29 is 39.5 Å². The van der Waals surface area contributed by atoms with Gasteiger partial charge in [-0.3, -0.25) is 22.4 Å². The zero-order chi connectivity index (χ0) is 40.8. The van der Waals surface area contributed by atoms with Crippen molar-refractivity contribution in [2.24, 2.45) is 10.8 Å². The van der Waals surface area contributed by atoms with Crippen molar-refractivity contribution in [1.29, 1.82) is 0 Å². The van der Waals surface area contributed by atoms with Crippen molar-refractivity contribution in [2.75, 3.05) is 22.3 Å². The molecule has 56 heavy (non-hydrogen) atoms. The van der Waals surface area contributed by atoms with Crippen LogP contribution < -0.4 is 52.0 Å². The van der Waals surface area contributed by atoms with E-state index in [-0.39, 0.29) is 51.1 Å². The van der Waals surface area contributed by atoms with Crippen LogP contribution in [0.2, 0.25) is 0 Å². The van der Waals surface area contributed by atoms with Gasteiger partial charge in [-0.2, -0.15) is 0 Å². The van der Waals surface area contributed by atoms with E-state index in [2.05, 4.69) is 25.4 Å². The Labute approximate surface area is 309 Å². The van der Waals surface area contributed by atoms with Gasteiger partial charge in [0.05, 0.1) is 5.10 Å². The lowest BCUT2D eigenvalue weighted by molar-refractivity contribution is -0.672. The highest BCUT2D eigenvalue weighted by atomic mass is 16.7. The maximum atomic E-state index is 11.3. The number of hydroxylamine groups is 1. The third-order valence-electron chi connectivity index (χ3n) is 6.74. The van der Waals surface area contributed by atoms with Crippen LogP contribution in [0, 0.1) is 51.1 Å². The molecule has 3 aromatic heterocycles. The molecule has 4 heterocycles. The molecule has 0 amide bonds. The van der Waals surface area contributed by atoms with Crippen LogP contribution in [0.15, 0.2) is 102 Å². The number of hydrogen-bond acceptors (Lipinski definition) is 22. The molecule has 0 radical (unpaired) electrons. The van der Waals surface area contributed by atoms with E-state index in [4.69, 9.17) is 42.8 Å². The number of hydrogen-bond donors (Lipinski definition) is 5. The molecule has 0 bridgehead atoms. The fourth-order valence-corrected chi connectivity index (χ4v) is 4.41. The monoisotopic (exact) mass is 779 g/mol. The number of fused-ring (bicyclic) bond motifs is 4. The summed E-state index contributed by atoms with van der Waals surface area (Å²) in [7, 11) is 0. The van der Waals surface area contributed by atoms with E-state index >= 15 is 0 Å². The molecule has 1 unspecified atom stereocenters. The lowest BCUT2D eigenvalue weighted by atomic mass is 10.2. The predicted octanol–water partition coefficient (Wildman–Crippen LogP) is -1.30. The Balaban J connectivity index is 0.000000249. The second kappa shape index (κ2) is 19.8. The highest BCUT2D eigenvalue weighted by Crippen LogP contribution is 2.30. The first-order valence-electron chi connectivity index (χ1n) is 14.6. The summed E-state index contributed by atoms with van der Waals surface area (Å²) in [6.45, 7) is 0. The highest BCUT2D eigenvalue weighted by Gasteiger charge is 2.27. The van der Waals surface area contributed by atoms with Gasteiger partial charge in [0, 0.05) is 58.9 Å². The second-order valence-corrected chi connectivity index (χ2v) is 10.00. The van der Waals surface area contributed by atoms with Crippen molar-refractivity contribution in [2.45, 2.75) is 6.29 Å². The molecule has 28 heteroatoms. The Morgan fingerprint density at radius 2 is 0.964 bits per heavy atom. The Kier molecular flexibility index (Phi) is 15.4. The molecule has 1 aliphatic heterocycles. The predicted molar refractivity (Wildman–Crippen MR) is 191 cm³/mol. The number of para-hydroxylation sites is 8. The molecule has 8 rings (SSSR count). The molecule has 0 spiro atoms. The SMILES string of the molecule is NC1N=[N+]([O-])c2ccccc2N1O.Nc1n[n+]([O-])c2ccccc2[n+]1[O-].Nc1n[n+]([O-])c2ccccc2[n+]1[O-].Nc1nc2ccccc2[n+]([O-])n1.O=O.O=O.[OH-]. The third kappa shape index (κ3) is 9.82. The maximum Gasteiger partial charge on any atom is 0.458 e. The van der Waals surface area contributed by atoms with Crippen LogP contribution in [0.1, 0.15) is 0 Å². The van der Waals surface area contributed by atoms with Gasteiger partial charge in [-0.25, -0.2) is 19.5 Å². The molecular formula is C28H27N16O12-. The Morgan fingerprint density at radius 1 is 0.571 bits per heavy atom. The van der Waals surface area contributed by atoms with E-state index in [0.29, 0.717) is 45.6 Å². The lowest BCUT2D eigenvalue weighted by Gasteiger charge is -2.23. The second-order valence-electron chi connectivity index (χ2n) is 10.00. The zero-order valence-corrected chi connectivity index (χ0v) is 28.0. The summed E-state index contributed by atoms with van der Waals surface area (Å²) in [5, 5.41) is 90.6. The van der Waals surface area contributed by atoms with Crippen LogP contribution in [0.3, 0.4) is 0 Å². The molecule has 0 fully saturated rings. The minimum atomic E-state index is -1.03. The molecule has 4 aromatic carbocycles. The first-order valence-corrected chi connectivity index (χ1v) is 14.6. The Bertz CT molecular complexity index is 2360. The average Bonchev–Trinajstić information content (AvgIpc) is 3.20. The van der Waals surface area contributed by atoms with Gasteiger partial charge in [0.1, 0.15) is 11.2 Å². The van der Waals surface area contributed by atoms with Gasteiger partial charge in [-0.1, -0.05) is 48.5 Å². The molecule has 28 nitrogen and oxygen atoms in total. The van der Waals surface area contributed by atoms with Crippen molar-refractivity contribution in [3.05, 3.63) is 148 Å². The molecule has 7 aromatic rings. The Morgan fingerprint density at radius 3 is 1.46 bits per heavy atom. The van der Waals surface area contributed by atoms with Gasteiger partial charge in [0.2, 0.25) is 10.2 Å². The van der Waals surface area contributed by atoms with Crippen LogP contribution >= 0.6 is 0 Å². The fourth-order valence-electron chi connectivity index (χ4n) is 4.41. The van der Waals surface area contributed by atoms with Crippen LogP contribution in [0.25, 0.3) is 33.1 Å². The molecule has 1 aliphatic rings. The molecule has 292 valence electrons. The minimum Gasteiger partial charge on any atom is -0.870 e. The number of aromatic nitrogens is 9. The topological polar surface area (TPSA) is 451 Å². The Hall–Kier alpha value is -8.63. The molecule has 1 atom stereocenters. The largest absolute Gasteiger partial charge is 0.870 e. The van der Waals surface area contributed by atoms with Gasteiger partial charge in [0.15, 0.2) is 11.0 Å². The summed E-state index contributed by atoms with van der Waals surface area (Å²) < 4.78 is 0.841. The molecular weight excluding hydrogens is 752 g/mol. The smallest absolute Gasteiger partial charge is 0.458 e. The first kappa shape index (κ1) is 43.5. The summed E-state index contributed by atoms with van der Waals surface area (Å²) in [5.74, 6) is -0.717. The van der Waals surface area contributed by atoms with E-state index < -0.39 is 6.29 Å². The number of azo groups is 1. The summed E-state index contributed by atoms with van der Waals surface area (Å²) >= 11 is 0. The number of rotatable bonds is 0. The number of anilines is 4. The molecule has 10 N–H and O–H groups in total. The number of nitrogen functional groups attached to an aromatic ring is 3. The zero-order valence-electron chi connectivity index (χ0n) is 28.0. The summed E-state index contributed by atoms with van der Waals surface area (Å²) in [4.78, 5) is 33.4. The maximum absolute atomic E-state index is 11.3. The van der Waals surface area contributed by atoms with Crippen LogP contribution in [-0.2, 0) is 0 Å². The van der Waals surface area contributed by atoms with E-state index in [0.717, 1.165) is 5.06 Å². The minimum absolute atomic E-state index is 0. The van der Waals surface area contributed by atoms with Crippen molar-refractivity contribution in [3.8, 4) is 0 Å². The van der Waals surface area contributed by atoms with Gasteiger partial charge in [0.25, 0.3) is 34.5 Å². The standard InChI is InChI=1S/C7H8N4O2.2C7H6N4O2.C7H6N4O.2O2.H2O/c3*8-7-9-11(13)6-4-2-1-3-5(6)10(7)12;8-7-9-5-3-1-2-4-6(5)11(12)10-7;2*1-2;/h1-4,7,12H,8H2;2*1-4H,(H2,8,9);1-4H,(H2,8,9,10);;;1H2/p-1. The van der Waals surface area contributed by atoms with Crippen molar-refractivity contribution in [1.82, 2.24) is 20.3 Å². The van der Waals surface area contributed by atoms with E-state index in [1.54, 1.807) is 72.8 Å². The van der Waals surface area contributed by atoms with Crippen LogP contribution in [-0.4, -0.2) is 42.1 Å². The van der Waals surface area contributed by atoms with E-state index in [1.807, 2.05) is 0 Å². The van der Waals surface area contributed by atoms with Crippen LogP contribution in [0.5, 0.6) is 0 Å². The molecule has 0 saturated heterocycles. The number of benzene rings is 4. The molecule has 0 aliphatic carbocycles.